The highest BCUT2D eigenvalue weighted by Gasteiger charge is 2.18. The van der Waals surface area contributed by atoms with Gasteiger partial charge in [-0.05, 0) is 36.1 Å². The average Bonchev–Trinajstić information content (AvgIpc) is 2.87. The molecule has 4 heteroatoms. The van der Waals surface area contributed by atoms with Gasteiger partial charge in [0, 0.05) is 12.5 Å². The lowest BCUT2D eigenvalue weighted by Gasteiger charge is -2.17. The Balaban J connectivity index is 1.28. The van der Waals surface area contributed by atoms with Crippen LogP contribution in [-0.2, 0) is 9.53 Å². The monoisotopic (exact) mass is 445 g/mol. The molecule has 0 aromatic heterocycles. The first-order chi connectivity index (χ1) is 16.2. The van der Waals surface area contributed by atoms with E-state index in [-0.39, 0.29) is 11.9 Å². The van der Waals surface area contributed by atoms with Crippen LogP contribution in [0.5, 0.6) is 0 Å². The second-order valence-electron chi connectivity index (χ2n) is 8.34. The number of hydrogen-bond donors (Lipinski definition) is 2. The fourth-order valence-corrected chi connectivity index (χ4v) is 3.95. The molecule has 0 heterocycles. The lowest BCUT2D eigenvalue weighted by atomic mass is 9.89. The third-order valence-electron chi connectivity index (χ3n) is 5.81. The summed E-state index contributed by atoms with van der Waals surface area (Å²) in [7, 11) is 0. The number of carbonyl (C=O) groups is 1. The second-order valence-corrected chi connectivity index (χ2v) is 8.34. The van der Waals surface area contributed by atoms with Gasteiger partial charge in [0.25, 0.3) is 0 Å². The molecule has 0 spiro atoms. The summed E-state index contributed by atoms with van der Waals surface area (Å²) in [6.45, 7) is 1.90. The van der Waals surface area contributed by atoms with Crippen molar-refractivity contribution in [3.8, 4) is 0 Å². The molecular weight excluding hydrogens is 410 g/mol. The van der Waals surface area contributed by atoms with E-state index in [4.69, 9.17) is 4.74 Å². The number of rotatable bonds is 14. The summed E-state index contributed by atoms with van der Waals surface area (Å²) in [5.74, 6) is -0.138. The van der Waals surface area contributed by atoms with E-state index in [0.717, 1.165) is 48.9 Å². The van der Waals surface area contributed by atoms with E-state index in [1.54, 1.807) is 0 Å². The summed E-state index contributed by atoms with van der Waals surface area (Å²) in [6, 6.07) is 30.0. The van der Waals surface area contributed by atoms with Crippen LogP contribution >= 0.6 is 0 Å². The first kappa shape index (κ1) is 24.7. The molecule has 0 fully saturated rings. The molecule has 1 unspecified atom stereocenters. The molecule has 3 aromatic rings. The number of aliphatic hydroxyl groups excluding tert-OH is 1. The van der Waals surface area contributed by atoms with Crippen LogP contribution in [0.2, 0.25) is 0 Å². The summed E-state index contributed by atoms with van der Waals surface area (Å²) >= 11 is 0. The van der Waals surface area contributed by atoms with Gasteiger partial charge in [-0.2, -0.15) is 0 Å². The molecule has 3 aromatic carbocycles. The van der Waals surface area contributed by atoms with Crippen LogP contribution in [0.1, 0.15) is 60.8 Å². The lowest BCUT2D eigenvalue weighted by molar-refractivity contribution is -0.144. The van der Waals surface area contributed by atoms with Gasteiger partial charge in [-0.1, -0.05) is 104 Å². The van der Waals surface area contributed by atoms with Crippen molar-refractivity contribution in [3.63, 3.8) is 0 Å². The topological polar surface area (TPSA) is 58.6 Å². The number of esters is 1. The average molecular weight is 446 g/mol. The van der Waals surface area contributed by atoms with Crippen LogP contribution in [0.15, 0.2) is 91.0 Å². The van der Waals surface area contributed by atoms with Crippen molar-refractivity contribution in [1.82, 2.24) is 5.32 Å². The summed E-state index contributed by atoms with van der Waals surface area (Å²) < 4.78 is 5.54. The second kappa shape index (κ2) is 14.2. The van der Waals surface area contributed by atoms with Crippen molar-refractivity contribution < 1.29 is 14.6 Å². The predicted octanol–water partition coefficient (Wildman–Crippen LogP) is 5.64. The largest absolute Gasteiger partial charge is 0.466 e. The third-order valence-corrected chi connectivity index (χ3v) is 5.81. The zero-order chi connectivity index (χ0) is 23.1. The molecule has 0 aliphatic heterocycles. The molecule has 0 saturated carbocycles. The van der Waals surface area contributed by atoms with Gasteiger partial charge in [0.15, 0.2) is 0 Å². The number of aliphatic hydroxyl groups is 1. The molecule has 3 rings (SSSR count). The van der Waals surface area contributed by atoms with Gasteiger partial charge in [0.2, 0.25) is 0 Å². The highest BCUT2D eigenvalue weighted by Crippen LogP contribution is 2.28. The Bertz CT molecular complexity index is 876. The Morgan fingerprint density at radius 3 is 1.82 bits per heavy atom. The molecule has 0 saturated heterocycles. The van der Waals surface area contributed by atoms with Crippen LogP contribution in [0.4, 0.5) is 0 Å². The zero-order valence-corrected chi connectivity index (χ0v) is 19.2. The van der Waals surface area contributed by atoms with Crippen LogP contribution in [0.25, 0.3) is 0 Å². The molecule has 0 amide bonds. The van der Waals surface area contributed by atoms with E-state index >= 15 is 0 Å². The first-order valence-corrected chi connectivity index (χ1v) is 11.9. The summed E-state index contributed by atoms with van der Waals surface area (Å²) in [4.78, 5) is 12.5. The van der Waals surface area contributed by atoms with E-state index in [9.17, 15) is 9.90 Å². The van der Waals surface area contributed by atoms with E-state index in [2.05, 4.69) is 29.6 Å². The molecule has 0 radical (unpaired) electrons. The van der Waals surface area contributed by atoms with Gasteiger partial charge >= 0.3 is 5.97 Å². The fraction of sp³-hybridized carbons (Fsp3) is 0.345. The molecular formula is C29H35NO3. The molecule has 0 bridgehead atoms. The number of benzene rings is 3. The van der Waals surface area contributed by atoms with Crippen LogP contribution in [-0.4, -0.2) is 30.8 Å². The highest BCUT2D eigenvalue weighted by molar-refractivity contribution is 5.71. The van der Waals surface area contributed by atoms with Gasteiger partial charge in [-0.15, -0.1) is 0 Å². The van der Waals surface area contributed by atoms with Crippen LogP contribution in [0.3, 0.4) is 0 Å². The van der Waals surface area contributed by atoms with Crippen molar-refractivity contribution in [1.29, 1.82) is 0 Å². The number of carbonyl (C=O) groups excluding carboxylic acids is 1. The number of unbranched alkanes of at least 4 members (excludes halogenated alkanes) is 3. The lowest BCUT2D eigenvalue weighted by Crippen LogP contribution is -2.22. The molecule has 2 N–H and O–H groups in total. The van der Waals surface area contributed by atoms with Crippen molar-refractivity contribution in [2.45, 2.75) is 44.1 Å². The van der Waals surface area contributed by atoms with E-state index in [1.165, 1.54) is 0 Å². The molecule has 0 aliphatic carbocycles. The summed E-state index contributed by atoms with van der Waals surface area (Å²) in [5, 5.41) is 13.5. The Morgan fingerprint density at radius 1 is 0.727 bits per heavy atom. The van der Waals surface area contributed by atoms with Crippen molar-refractivity contribution >= 4 is 5.97 Å². The number of ether oxygens (including phenoxy) is 1. The minimum atomic E-state index is -0.471. The van der Waals surface area contributed by atoms with Crippen molar-refractivity contribution in [3.05, 3.63) is 108 Å². The Morgan fingerprint density at radius 2 is 1.24 bits per heavy atom. The highest BCUT2D eigenvalue weighted by atomic mass is 16.5. The molecule has 174 valence electrons. The number of nitrogens with one attached hydrogen (secondary N) is 1. The van der Waals surface area contributed by atoms with Crippen molar-refractivity contribution in [2.75, 3.05) is 19.7 Å². The fourth-order valence-electron chi connectivity index (χ4n) is 3.95. The summed E-state index contributed by atoms with van der Waals surface area (Å²) in [6.07, 6.45) is 3.89. The Hall–Kier alpha value is -2.95. The standard InChI is InChI=1S/C29H35NO3/c31-28(26-18-10-5-11-19-26)23-30-20-12-1-2-13-21-33-29(32)22-27(24-14-6-3-7-15-24)25-16-8-4-9-17-25/h3-11,14-19,27-28,30-31H,1-2,12-13,20-23H2. The van der Waals surface area contributed by atoms with Gasteiger partial charge < -0.3 is 15.2 Å². The van der Waals surface area contributed by atoms with E-state index in [1.807, 2.05) is 66.7 Å². The Labute approximate surface area is 197 Å². The van der Waals surface area contributed by atoms with Gasteiger partial charge in [-0.25, -0.2) is 0 Å². The predicted molar refractivity (Wildman–Crippen MR) is 133 cm³/mol. The first-order valence-electron chi connectivity index (χ1n) is 11.9. The zero-order valence-electron chi connectivity index (χ0n) is 19.2. The van der Waals surface area contributed by atoms with Gasteiger partial charge in [-0.3, -0.25) is 4.79 Å². The third kappa shape index (κ3) is 8.83. The molecule has 33 heavy (non-hydrogen) atoms. The van der Waals surface area contributed by atoms with Crippen molar-refractivity contribution in [2.24, 2.45) is 0 Å². The van der Waals surface area contributed by atoms with E-state index < -0.39 is 6.10 Å². The SMILES string of the molecule is O=C(CC(c1ccccc1)c1ccccc1)OCCCCCCNCC(O)c1ccccc1. The number of hydrogen-bond acceptors (Lipinski definition) is 4. The molecule has 1 atom stereocenters. The molecule has 4 nitrogen and oxygen atoms in total. The molecule has 0 aliphatic rings. The van der Waals surface area contributed by atoms with Crippen LogP contribution in [0, 0.1) is 0 Å². The van der Waals surface area contributed by atoms with E-state index in [0.29, 0.717) is 19.6 Å². The Kier molecular flexibility index (Phi) is 10.7. The maximum absolute atomic E-state index is 12.5. The quantitative estimate of drug-likeness (QED) is 0.249. The van der Waals surface area contributed by atoms with Crippen LogP contribution < -0.4 is 5.32 Å². The maximum atomic E-state index is 12.5. The minimum absolute atomic E-state index is 0.0113. The maximum Gasteiger partial charge on any atom is 0.306 e. The van der Waals surface area contributed by atoms with Gasteiger partial charge in [0.1, 0.15) is 0 Å². The van der Waals surface area contributed by atoms with Gasteiger partial charge in [0.05, 0.1) is 19.1 Å². The smallest absolute Gasteiger partial charge is 0.306 e. The summed E-state index contributed by atoms with van der Waals surface area (Å²) in [5.41, 5.74) is 3.20. The minimum Gasteiger partial charge on any atom is -0.466 e. The normalized spacial score (nSPS) is 11.9.